The summed E-state index contributed by atoms with van der Waals surface area (Å²) in [4.78, 5) is -1.62. The van der Waals surface area contributed by atoms with Crippen molar-refractivity contribution < 1.29 is 25.3 Å². The highest BCUT2D eigenvalue weighted by molar-refractivity contribution is 7.91. The van der Waals surface area contributed by atoms with E-state index in [2.05, 4.69) is 0 Å². The number of anilines is 1. The van der Waals surface area contributed by atoms with Crippen LogP contribution in [0.2, 0.25) is 0 Å². The van der Waals surface area contributed by atoms with Crippen molar-refractivity contribution in [1.29, 1.82) is 15.8 Å². The molecule has 5 N–H and O–H groups in total. The van der Waals surface area contributed by atoms with E-state index in [0.29, 0.717) is 0 Å². The topological polar surface area (TPSA) is 236 Å². The maximum atomic E-state index is 12.8. The van der Waals surface area contributed by atoms with Crippen LogP contribution < -0.4 is 19.9 Å². The first-order valence-electron chi connectivity index (χ1n) is 9.16. The molecule has 16 heteroatoms. The number of rotatable bonds is 6. The van der Waals surface area contributed by atoms with Crippen molar-refractivity contribution in [2.45, 2.75) is 14.7 Å². The second kappa shape index (κ2) is 7.75. The molecule has 0 fully saturated rings. The minimum absolute atomic E-state index is 0.000151. The highest BCUT2D eigenvalue weighted by Crippen LogP contribution is 2.43. The van der Waals surface area contributed by atoms with Crippen LogP contribution >= 0.6 is 0 Å². The van der Waals surface area contributed by atoms with Crippen molar-refractivity contribution in [2.75, 3.05) is 5.73 Å². The highest BCUT2D eigenvalue weighted by Gasteiger charge is 2.29. The van der Waals surface area contributed by atoms with Gasteiger partial charge in [-0.05, 0) is 12.1 Å². The van der Waals surface area contributed by atoms with Crippen molar-refractivity contribution in [2.24, 2.45) is 0 Å². The largest absolute Gasteiger partial charge is 0.398 e. The van der Waals surface area contributed by atoms with Crippen LogP contribution in [0.5, 0.6) is 0 Å². The molecule has 13 nitrogen and oxygen atoms in total. The molecule has 35 heavy (non-hydrogen) atoms. The molecule has 0 saturated heterocycles. The lowest BCUT2D eigenvalue weighted by atomic mass is 9.93. The Kier molecular flexibility index (Phi) is 5.22. The summed E-state index contributed by atoms with van der Waals surface area (Å²) in [7, 11) is -13.6. The molecule has 0 radical (unpaired) electrons. The molecule has 0 bridgehead atoms. The molecule has 0 unspecified atom stereocenters. The van der Waals surface area contributed by atoms with Crippen molar-refractivity contribution in [3.05, 3.63) is 36.4 Å². The highest BCUT2D eigenvalue weighted by atomic mass is 32.2. The van der Waals surface area contributed by atoms with Crippen LogP contribution in [0.3, 0.4) is 0 Å². The lowest BCUT2D eigenvalue weighted by Crippen LogP contribution is -2.22. The molecule has 4 rings (SSSR count). The average Bonchev–Trinajstić information content (AvgIpc) is 2.77. The standard InChI is InChI=1S/C19H11N7O6S3/c20-7-24-33(27,28)15-5-14(23)10-1-2-12-16(34(29,30)25-8-21)6-17(35(31,32)26-9-22)13-4-3-11(15)18(10)19(12)13/h1-6,24-26H,23H2. The molecule has 0 heterocycles. The zero-order valence-electron chi connectivity index (χ0n) is 17.1. The van der Waals surface area contributed by atoms with E-state index in [4.69, 9.17) is 21.5 Å². The third-order valence-corrected chi connectivity index (χ3v) is 9.06. The Morgan fingerprint density at radius 3 is 1.26 bits per heavy atom. The Morgan fingerprint density at radius 2 is 0.886 bits per heavy atom. The second-order valence-electron chi connectivity index (χ2n) is 7.06. The zero-order chi connectivity index (χ0) is 25.8. The number of hydrogen-bond acceptors (Lipinski definition) is 10. The molecule has 176 valence electrons. The maximum Gasteiger partial charge on any atom is 0.270 e. The van der Waals surface area contributed by atoms with Gasteiger partial charge < -0.3 is 5.73 Å². The van der Waals surface area contributed by atoms with E-state index < -0.39 is 44.8 Å². The maximum absolute atomic E-state index is 12.8. The van der Waals surface area contributed by atoms with Gasteiger partial charge in [-0.3, -0.25) is 0 Å². The van der Waals surface area contributed by atoms with E-state index in [1.54, 1.807) is 14.2 Å². The fourth-order valence-corrected chi connectivity index (χ4v) is 6.91. The predicted molar refractivity (Wildman–Crippen MR) is 122 cm³/mol. The summed E-state index contributed by atoms with van der Waals surface area (Å²) >= 11 is 0. The van der Waals surface area contributed by atoms with Crippen LogP contribution in [0.1, 0.15) is 0 Å². The van der Waals surface area contributed by atoms with Gasteiger partial charge in [0, 0.05) is 38.0 Å². The Labute approximate surface area is 198 Å². The molecule has 0 aliphatic carbocycles. The minimum Gasteiger partial charge on any atom is -0.398 e. The summed E-state index contributed by atoms with van der Waals surface area (Å²) in [5.41, 5.74) is 6.03. The Morgan fingerprint density at radius 1 is 0.571 bits per heavy atom. The fourth-order valence-electron chi connectivity index (χ4n) is 3.94. The minimum atomic E-state index is -4.58. The van der Waals surface area contributed by atoms with Gasteiger partial charge in [0.1, 0.15) is 0 Å². The number of sulfonamides is 3. The van der Waals surface area contributed by atoms with Crippen molar-refractivity contribution in [3.8, 4) is 18.6 Å². The van der Waals surface area contributed by atoms with Crippen molar-refractivity contribution in [3.63, 3.8) is 0 Å². The monoisotopic (exact) mass is 529 g/mol. The first kappa shape index (κ1) is 23.6. The molecule has 0 aliphatic heterocycles. The van der Waals surface area contributed by atoms with Crippen LogP contribution in [0.25, 0.3) is 32.3 Å². The fraction of sp³-hybridized carbons (Fsp3) is 0. The van der Waals surface area contributed by atoms with Gasteiger partial charge in [0.15, 0.2) is 18.6 Å². The summed E-state index contributed by atoms with van der Waals surface area (Å²) < 4.78 is 81.5. The Balaban J connectivity index is 2.36. The van der Waals surface area contributed by atoms with Crippen molar-refractivity contribution >= 4 is 68.1 Å². The zero-order valence-corrected chi connectivity index (χ0v) is 19.5. The molecule has 0 atom stereocenters. The van der Waals surface area contributed by atoms with Crippen LogP contribution in [-0.2, 0) is 30.1 Å². The average molecular weight is 530 g/mol. The SMILES string of the molecule is N#CNS(=O)(=O)c1cc(N)c2ccc3c(S(=O)(=O)NC#N)cc(S(=O)(=O)NC#N)c4ccc1c2c34. The first-order chi connectivity index (χ1) is 16.4. The van der Waals surface area contributed by atoms with Gasteiger partial charge in [-0.15, -0.1) is 0 Å². The Hall–Kier alpha value is -4.56. The van der Waals surface area contributed by atoms with Crippen LogP contribution in [-0.4, -0.2) is 25.3 Å². The summed E-state index contributed by atoms with van der Waals surface area (Å²) in [6.07, 6.45) is 3.88. The van der Waals surface area contributed by atoms with Gasteiger partial charge in [-0.25, -0.2) is 39.4 Å². The smallest absolute Gasteiger partial charge is 0.270 e. The molecule has 0 amide bonds. The normalized spacial score (nSPS) is 12.1. The molecule has 0 aromatic heterocycles. The molecule has 0 saturated carbocycles. The molecule has 0 spiro atoms. The van der Waals surface area contributed by atoms with E-state index in [0.717, 1.165) is 12.1 Å². The third-order valence-electron chi connectivity index (χ3n) is 5.23. The number of nitrogens with one attached hydrogen (secondary N) is 3. The lowest BCUT2D eigenvalue weighted by Gasteiger charge is -2.19. The summed E-state index contributed by atoms with van der Waals surface area (Å²) in [6.45, 7) is 0. The van der Waals surface area contributed by atoms with Gasteiger partial charge in [-0.1, -0.05) is 24.3 Å². The number of benzene rings is 4. The van der Waals surface area contributed by atoms with Gasteiger partial charge in [0.25, 0.3) is 30.1 Å². The van der Waals surface area contributed by atoms with Crippen LogP contribution in [0, 0.1) is 34.4 Å². The molecular formula is C19H11N7O6S3. The molecular weight excluding hydrogens is 518 g/mol. The number of nitrogens with two attached hydrogens (primary N) is 1. The number of nitrogens with zero attached hydrogens (tertiary/aromatic N) is 3. The predicted octanol–water partition coefficient (Wildman–Crippen LogP) is 0.444. The number of nitrogen functional groups attached to an aromatic ring is 1. The first-order valence-corrected chi connectivity index (χ1v) is 13.6. The summed E-state index contributed by atoms with van der Waals surface area (Å²) in [6, 6.07) is 7.18. The molecule has 4 aromatic carbocycles. The van der Waals surface area contributed by atoms with E-state index in [1.807, 2.05) is 0 Å². The second-order valence-corrected chi connectivity index (χ2v) is 12.0. The van der Waals surface area contributed by atoms with Crippen LogP contribution in [0.15, 0.2) is 51.1 Å². The molecule has 0 aliphatic rings. The van der Waals surface area contributed by atoms with Gasteiger partial charge >= 0.3 is 0 Å². The molecule has 4 aromatic rings. The van der Waals surface area contributed by atoms with E-state index in [9.17, 15) is 25.3 Å². The van der Waals surface area contributed by atoms with E-state index in [-0.39, 0.29) is 38.0 Å². The number of hydrogen-bond donors (Lipinski definition) is 4. The van der Waals surface area contributed by atoms with E-state index in [1.165, 1.54) is 42.8 Å². The van der Waals surface area contributed by atoms with Gasteiger partial charge in [0.2, 0.25) is 0 Å². The number of nitriles is 3. The Bertz CT molecular complexity index is 1950. The summed E-state index contributed by atoms with van der Waals surface area (Å²) in [5, 5.41) is 27.0. The van der Waals surface area contributed by atoms with Gasteiger partial charge in [-0.2, -0.15) is 15.8 Å². The van der Waals surface area contributed by atoms with Crippen LogP contribution in [0.4, 0.5) is 5.69 Å². The van der Waals surface area contributed by atoms with Crippen molar-refractivity contribution in [1.82, 2.24) is 14.2 Å². The lowest BCUT2D eigenvalue weighted by molar-refractivity contribution is 0.589. The van der Waals surface area contributed by atoms with Gasteiger partial charge in [0.05, 0.1) is 14.7 Å². The quantitative estimate of drug-likeness (QED) is 0.116. The summed E-state index contributed by atoms with van der Waals surface area (Å²) in [5.74, 6) is 0. The van der Waals surface area contributed by atoms with E-state index >= 15 is 0 Å². The third kappa shape index (κ3) is 3.51.